The number of hydrogen-bond donors (Lipinski definition) is 4. The third kappa shape index (κ3) is 4.96. The van der Waals surface area contributed by atoms with Crippen LogP contribution in [-0.2, 0) is 13.1 Å². The number of nitrogens with two attached hydrogens (primary N) is 1. The second kappa shape index (κ2) is 10.3. The standard InChI is InChI=1S/C25H25Cl2N7O3/c1-2-32-24(35)33(14-15-6-8-16(26)9-7-15)23(34(28)25(32)36)30-17-10-11-22(19(27)12-17)37-21-5-3-4-20-18(21)13-29-31-20/h3-12,23,29-31H,2,13-14,28H2,1H3. The lowest BCUT2D eigenvalue weighted by molar-refractivity contribution is 0.0390. The molecule has 1 unspecified atom stereocenters. The van der Waals surface area contributed by atoms with Gasteiger partial charge < -0.3 is 15.5 Å². The Balaban J connectivity index is 1.39. The summed E-state index contributed by atoms with van der Waals surface area (Å²) in [6.45, 7) is 2.71. The summed E-state index contributed by atoms with van der Waals surface area (Å²) in [5.41, 5.74) is 9.46. The minimum Gasteiger partial charge on any atom is -0.455 e. The van der Waals surface area contributed by atoms with Crippen molar-refractivity contribution in [3.8, 4) is 11.5 Å². The Bertz CT molecular complexity index is 1340. The lowest BCUT2D eigenvalue weighted by Crippen LogP contribution is -2.70. The lowest BCUT2D eigenvalue weighted by Gasteiger charge is -2.45. The van der Waals surface area contributed by atoms with Gasteiger partial charge in [-0.2, -0.15) is 0 Å². The van der Waals surface area contributed by atoms with E-state index in [2.05, 4.69) is 16.2 Å². The smallest absolute Gasteiger partial charge is 0.345 e. The number of amides is 4. The van der Waals surface area contributed by atoms with Crippen molar-refractivity contribution < 1.29 is 14.3 Å². The Morgan fingerprint density at radius 1 is 1.05 bits per heavy atom. The van der Waals surface area contributed by atoms with Crippen molar-refractivity contribution >= 4 is 46.6 Å². The number of carbonyl (C=O) groups excluding carboxylic acids is 2. The largest absolute Gasteiger partial charge is 0.455 e. The van der Waals surface area contributed by atoms with Crippen LogP contribution in [0, 0.1) is 0 Å². The molecular weight excluding hydrogens is 517 g/mol. The molecule has 1 fully saturated rings. The summed E-state index contributed by atoms with van der Waals surface area (Å²) in [5, 5.41) is 5.08. The van der Waals surface area contributed by atoms with Gasteiger partial charge in [-0.05, 0) is 55.0 Å². The number of fused-ring (bicyclic) bond motifs is 1. The second-order valence-electron chi connectivity index (χ2n) is 8.50. The fraction of sp³-hybridized carbons (Fsp3) is 0.200. The molecule has 2 heterocycles. The molecule has 0 radical (unpaired) electrons. The molecule has 10 nitrogen and oxygen atoms in total. The highest BCUT2D eigenvalue weighted by Crippen LogP contribution is 2.37. The number of urea groups is 2. The first-order chi connectivity index (χ1) is 17.9. The van der Waals surface area contributed by atoms with Crippen molar-refractivity contribution in [2.75, 3.05) is 17.3 Å². The van der Waals surface area contributed by atoms with Crippen molar-refractivity contribution in [3.63, 3.8) is 0 Å². The maximum Gasteiger partial charge on any atom is 0.345 e. The molecule has 2 aliphatic rings. The van der Waals surface area contributed by atoms with Gasteiger partial charge in [-0.15, -0.1) is 0 Å². The van der Waals surface area contributed by atoms with Gasteiger partial charge in [0, 0.05) is 29.4 Å². The quantitative estimate of drug-likeness (QED) is 0.241. The Hall–Kier alpha value is -3.70. The molecule has 1 atom stereocenters. The summed E-state index contributed by atoms with van der Waals surface area (Å²) in [6.07, 6.45) is -0.962. The Labute approximate surface area is 223 Å². The highest BCUT2D eigenvalue weighted by molar-refractivity contribution is 6.32. The zero-order valence-corrected chi connectivity index (χ0v) is 21.4. The number of nitrogens with zero attached hydrogens (tertiary/aromatic N) is 3. The molecule has 192 valence electrons. The Kier molecular flexibility index (Phi) is 6.98. The van der Waals surface area contributed by atoms with Crippen LogP contribution < -0.4 is 26.7 Å². The predicted molar refractivity (Wildman–Crippen MR) is 142 cm³/mol. The first kappa shape index (κ1) is 25.0. The number of rotatable bonds is 7. The summed E-state index contributed by atoms with van der Waals surface area (Å²) in [5.74, 6) is 7.33. The maximum atomic E-state index is 13.2. The normalized spacial score (nSPS) is 17.1. The Morgan fingerprint density at radius 3 is 2.57 bits per heavy atom. The first-order valence-electron chi connectivity index (χ1n) is 11.6. The van der Waals surface area contributed by atoms with E-state index >= 15 is 0 Å². The highest BCUT2D eigenvalue weighted by Gasteiger charge is 2.42. The van der Waals surface area contributed by atoms with Crippen LogP contribution in [0.5, 0.6) is 11.5 Å². The van der Waals surface area contributed by atoms with E-state index in [-0.39, 0.29) is 13.1 Å². The summed E-state index contributed by atoms with van der Waals surface area (Å²) in [7, 11) is 0. The molecule has 3 aromatic carbocycles. The van der Waals surface area contributed by atoms with E-state index in [0.717, 1.165) is 26.7 Å². The summed E-state index contributed by atoms with van der Waals surface area (Å²) in [6, 6.07) is 16.9. The minimum absolute atomic E-state index is 0.182. The molecule has 0 spiro atoms. The maximum absolute atomic E-state index is 13.2. The zero-order valence-electron chi connectivity index (χ0n) is 19.9. The van der Waals surface area contributed by atoms with Crippen LogP contribution in [0.2, 0.25) is 10.0 Å². The number of halogens is 2. The molecule has 3 aromatic rings. The van der Waals surface area contributed by atoms with Gasteiger partial charge in [0.05, 0.1) is 17.3 Å². The number of hydrogen-bond acceptors (Lipinski definition) is 7. The van der Waals surface area contributed by atoms with Crippen LogP contribution >= 0.6 is 23.2 Å². The second-order valence-corrected chi connectivity index (χ2v) is 9.34. The van der Waals surface area contributed by atoms with Gasteiger partial charge in [0.2, 0.25) is 6.29 Å². The summed E-state index contributed by atoms with van der Waals surface area (Å²) >= 11 is 12.6. The van der Waals surface area contributed by atoms with Gasteiger partial charge in [0.25, 0.3) is 0 Å². The van der Waals surface area contributed by atoms with Crippen LogP contribution in [-0.4, -0.2) is 39.7 Å². The third-order valence-corrected chi connectivity index (χ3v) is 6.69. The molecule has 12 heteroatoms. The number of benzene rings is 3. The van der Waals surface area contributed by atoms with Gasteiger partial charge in [-0.25, -0.2) is 30.8 Å². The number of imide groups is 1. The van der Waals surface area contributed by atoms with Gasteiger partial charge in [-0.1, -0.05) is 41.4 Å². The van der Waals surface area contributed by atoms with E-state index in [9.17, 15) is 9.59 Å². The lowest BCUT2D eigenvalue weighted by atomic mass is 10.2. The van der Waals surface area contributed by atoms with Crippen LogP contribution in [0.25, 0.3) is 0 Å². The molecule has 0 aromatic heterocycles. The fourth-order valence-electron chi connectivity index (χ4n) is 4.22. The van der Waals surface area contributed by atoms with Gasteiger partial charge in [-0.3, -0.25) is 4.90 Å². The first-order valence-corrected chi connectivity index (χ1v) is 12.4. The molecule has 0 saturated carbocycles. The molecular formula is C25H25Cl2N7O3. The van der Waals surface area contributed by atoms with E-state index in [1.165, 1.54) is 4.90 Å². The average Bonchev–Trinajstić information content (AvgIpc) is 3.38. The summed E-state index contributed by atoms with van der Waals surface area (Å²) in [4.78, 5) is 28.6. The molecule has 37 heavy (non-hydrogen) atoms. The van der Waals surface area contributed by atoms with Crippen LogP contribution in [0.4, 0.5) is 21.0 Å². The monoisotopic (exact) mass is 541 g/mol. The van der Waals surface area contributed by atoms with Gasteiger partial charge in [0.15, 0.2) is 0 Å². The van der Waals surface area contributed by atoms with Crippen molar-refractivity contribution in [3.05, 3.63) is 81.8 Å². The van der Waals surface area contributed by atoms with E-state index in [1.807, 2.05) is 30.3 Å². The van der Waals surface area contributed by atoms with E-state index in [4.69, 9.17) is 33.8 Å². The fourth-order valence-corrected chi connectivity index (χ4v) is 4.57. The number of nitrogens with one attached hydrogen (secondary N) is 3. The molecule has 5 rings (SSSR count). The molecule has 2 aliphatic heterocycles. The van der Waals surface area contributed by atoms with Crippen molar-refractivity contribution in [2.45, 2.75) is 26.3 Å². The van der Waals surface area contributed by atoms with E-state index in [0.29, 0.717) is 33.8 Å². The zero-order chi connectivity index (χ0) is 26.1. The van der Waals surface area contributed by atoms with E-state index in [1.54, 1.807) is 37.3 Å². The van der Waals surface area contributed by atoms with Crippen molar-refractivity contribution in [1.82, 2.24) is 20.2 Å². The molecule has 4 amide bonds. The van der Waals surface area contributed by atoms with Crippen LogP contribution in [0.3, 0.4) is 0 Å². The third-order valence-electron chi connectivity index (χ3n) is 6.14. The molecule has 0 bridgehead atoms. The SMILES string of the molecule is CCN1C(=O)N(N)C(Nc2ccc(Oc3cccc4c3CNN4)c(Cl)c2)N(Cc2ccc(Cl)cc2)C1=O. The topological polar surface area (TPSA) is 115 Å². The highest BCUT2D eigenvalue weighted by atomic mass is 35.5. The Morgan fingerprint density at radius 2 is 1.84 bits per heavy atom. The van der Waals surface area contributed by atoms with Gasteiger partial charge >= 0.3 is 12.1 Å². The minimum atomic E-state index is -0.962. The van der Waals surface area contributed by atoms with Crippen LogP contribution in [0.15, 0.2) is 60.7 Å². The summed E-state index contributed by atoms with van der Waals surface area (Å²) < 4.78 is 6.08. The predicted octanol–water partition coefficient (Wildman–Crippen LogP) is 5.16. The average molecular weight is 542 g/mol. The number of hydrazine groups is 2. The van der Waals surface area contributed by atoms with Crippen LogP contribution in [0.1, 0.15) is 18.1 Å². The molecule has 0 aliphatic carbocycles. The van der Waals surface area contributed by atoms with E-state index < -0.39 is 18.4 Å². The molecule has 1 saturated heterocycles. The van der Waals surface area contributed by atoms with Gasteiger partial charge in [0.1, 0.15) is 11.5 Å². The van der Waals surface area contributed by atoms with Crippen molar-refractivity contribution in [1.29, 1.82) is 0 Å². The van der Waals surface area contributed by atoms with Crippen molar-refractivity contribution in [2.24, 2.45) is 5.84 Å². The number of carbonyl (C=O) groups is 2. The number of anilines is 2. The number of ether oxygens (including phenoxy) is 1. The molecule has 5 N–H and O–H groups in total.